The number of benzene rings is 1. The first-order chi connectivity index (χ1) is 9.08. The molecule has 2 N–H and O–H groups in total. The third-order valence-corrected chi connectivity index (χ3v) is 6.59. The number of fused-ring (bicyclic) bond motifs is 1. The molecule has 2 aromatic heterocycles. The monoisotopic (exact) mass is 357 g/mol. The maximum Gasteiger partial charge on any atom is 0.272 e. The average molecular weight is 358 g/mol. The van der Waals surface area contributed by atoms with Gasteiger partial charge in [0.25, 0.3) is 10.0 Å². The van der Waals surface area contributed by atoms with Gasteiger partial charge in [0.1, 0.15) is 0 Å². The summed E-state index contributed by atoms with van der Waals surface area (Å²) in [6.07, 6.45) is 1.65. The van der Waals surface area contributed by atoms with Crippen molar-refractivity contribution >= 4 is 53.9 Å². The lowest BCUT2D eigenvalue weighted by molar-refractivity contribution is 0.603. The maximum absolute atomic E-state index is 12.3. The number of halogens is 1. The molecule has 0 aliphatic heterocycles. The van der Waals surface area contributed by atoms with Gasteiger partial charge in [-0.3, -0.25) is 9.82 Å². The normalized spacial score (nSPS) is 11.8. The van der Waals surface area contributed by atoms with Gasteiger partial charge in [-0.2, -0.15) is 5.10 Å². The first-order valence-corrected chi connectivity index (χ1v) is 8.41. The number of hydrogen-bond acceptors (Lipinski definition) is 4. The van der Waals surface area contributed by atoms with Crippen LogP contribution < -0.4 is 4.72 Å². The number of nitrogens with zero attached hydrogens (tertiary/aromatic N) is 1. The van der Waals surface area contributed by atoms with E-state index in [-0.39, 0.29) is 4.21 Å². The Kier molecular flexibility index (Phi) is 3.08. The lowest BCUT2D eigenvalue weighted by Crippen LogP contribution is -2.12. The van der Waals surface area contributed by atoms with Gasteiger partial charge in [-0.25, -0.2) is 8.42 Å². The highest BCUT2D eigenvalue weighted by atomic mass is 79.9. The van der Waals surface area contributed by atoms with Crippen molar-refractivity contribution in [2.24, 2.45) is 0 Å². The van der Waals surface area contributed by atoms with Crippen LogP contribution in [0.25, 0.3) is 10.9 Å². The minimum Gasteiger partial charge on any atom is -0.277 e. The summed E-state index contributed by atoms with van der Waals surface area (Å²) in [7, 11) is -3.60. The second kappa shape index (κ2) is 4.62. The zero-order chi connectivity index (χ0) is 13.5. The molecule has 2 heterocycles. The topological polar surface area (TPSA) is 74.8 Å². The first-order valence-electron chi connectivity index (χ1n) is 5.26. The van der Waals surface area contributed by atoms with Gasteiger partial charge in [0, 0.05) is 9.86 Å². The van der Waals surface area contributed by atoms with Crippen LogP contribution in [0.15, 0.2) is 44.5 Å². The molecule has 0 aliphatic rings. The average Bonchev–Trinajstić information content (AvgIpc) is 2.97. The van der Waals surface area contributed by atoms with Crippen LogP contribution in [0.5, 0.6) is 0 Å². The van der Waals surface area contributed by atoms with Gasteiger partial charge in [0.15, 0.2) is 4.21 Å². The third kappa shape index (κ3) is 2.26. The van der Waals surface area contributed by atoms with E-state index in [4.69, 9.17) is 0 Å². The summed E-state index contributed by atoms with van der Waals surface area (Å²) in [6, 6.07) is 7.03. The van der Waals surface area contributed by atoms with Crippen molar-refractivity contribution in [3.8, 4) is 0 Å². The fraction of sp³-hybridized carbons (Fsp3) is 0. The molecule has 0 saturated heterocycles. The Bertz CT molecular complexity index is 838. The molecule has 3 aromatic rings. The predicted molar refractivity (Wildman–Crippen MR) is 78.9 cm³/mol. The Morgan fingerprint density at radius 2 is 2.16 bits per heavy atom. The second-order valence-electron chi connectivity index (χ2n) is 3.80. The minimum atomic E-state index is -3.60. The molecule has 98 valence electrons. The minimum absolute atomic E-state index is 0.254. The molecule has 0 radical (unpaired) electrons. The Labute approximate surface area is 121 Å². The molecule has 19 heavy (non-hydrogen) atoms. The van der Waals surface area contributed by atoms with Crippen molar-refractivity contribution in [2.45, 2.75) is 4.21 Å². The van der Waals surface area contributed by atoms with Gasteiger partial charge in [0.2, 0.25) is 0 Å². The van der Waals surface area contributed by atoms with Crippen LogP contribution in [0.2, 0.25) is 0 Å². The van der Waals surface area contributed by atoms with E-state index < -0.39 is 10.0 Å². The van der Waals surface area contributed by atoms with Gasteiger partial charge in [-0.1, -0.05) is 12.1 Å². The molecule has 8 heteroatoms. The van der Waals surface area contributed by atoms with Gasteiger partial charge in [0.05, 0.1) is 17.4 Å². The first kappa shape index (κ1) is 12.6. The van der Waals surface area contributed by atoms with Crippen LogP contribution in [-0.2, 0) is 10.0 Å². The molecule has 0 atom stereocenters. The number of rotatable bonds is 3. The fourth-order valence-electron chi connectivity index (χ4n) is 1.72. The zero-order valence-corrected chi connectivity index (χ0v) is 12.6. The molecule has 1 aromatic carbocycles. The number of anilines is 1. The standard InChI is InChI=1S/C11H8BrN3O2S2/c12-8-4-5-18-11(8)19(16,17)15-9-3-1-2-7-6-13-14-10(7)9/h1-6,15H,(H,13,14). The number of aromatic amines is 1. The van der Waals surface area contributed by atoms with Crippen LogP contribution in [0.3, 0.4) is 0 Å². The van der Waals surface area contributed by atoms with Crippen molar-refractivity contribution in [1.82, 2.24) is 10.2 Å². The lowest BCUT2D eigenvalue weighted by Gasteiger charge is -2.07. The number of nitrogens with one attached hydrogen (secondary N) is 2. The molecule has 3 rings (SSSR count). The smallest absolute Gasteiger partial charge is 0.272 e. The quantitative estimate of drug-likeness (QED) is 0.755. The number of para-hydroxylation sites is 1. The lowest BCUT2D eigenvalue weighted by atomic mass is 10.2. The molecule has 0 aliphatic carbocycles. The van der Waals surface area contributed by atoms with E-state index in [1.165, 1.54) is 0 Å². The summed E-state index contributed by atoms with van der Waals surface area (Å²) >= 11 is 4.39. The van der Waals surface area contributed by atoms with Crippen molar-refractivity contribution in [2.75, 3.05) is 4.72 Å². The van der Waals surface area contributed by atoms with Crippen LogP contribution in [0, 0.1) is 0 Å². The second-order valence-corrected chi connectivity index (χ2v) is 7.45. The van der Waals surface area contributed by atoms with E-state index in [0.717, 1.165) is 16.7 Å². The van der Waals surface area contributed by atoms with E-state index in [1.54, 1.807) is 29.8 Å². The summed E-state index contributed by atoms with van der Waals surface area (Å²) in [6.45, 7) is 0. The maximum atomic E-state index is 12.3. The van der Waals surface area contributed by atoms with Crippen molar-refractivity contribution in [1.29, 1.82) is 0 Å². The van der Waals surface area contributed by atoms with E-state index in [0.29, 0.717) is 15.7 Å². The highest BCUT2D eigenvalue weighted by molar-refractivity contribution is 9.10. The predicted octanol–water partition coefficient (Wildman–Crippen LogP) is 3.19. The molecular weight excluding hydrogens is 350 g/mol. The van der Waals surface area contributed by atoms with Crippen LogP contribution in [0.1, 0.15) is 0 Å². The summed E-state index contributed by atoms with van der Waals surface area (Å²) in [4.78, 5) is 0. The molecule has 0 spiro atoms. The Morgan fingerprint density at radius 1 is 1.32 bits per heavy atom. The van der Waals surface area contributed by atoms with Gasteiger partial charge in [-0.15, -0.1) is 11.3 Å². The highest BCUT2D eigenvalue weighted by Crippen LogP contribution is 2.30. The highest BCUT2D eigenvalue weighted by Gasteiger charge is 2.20. The van der Waals surface area contributed by atoms with Gasteiger partial charge >= 0.3 is 0 Å². The Hall–Kier alpha value is -1.38. The number of H-pyrrole nitrogens is 1. The van der Waals surface area contributed by atoms with Gasteiger partial charge in [-0.05, 0) is 33.4 Å². The van der Waals surface area contributed by atoms with Crippen LogP contribution in [-0.4, -0.2) is 18.6 Å². The van der Waals surface area contributed by atoms with Crippen LogP contribution in [0.4, 0.5) is 5.69 Å². The molecule has 0 fully saturated rings. The van der Waals surface area contributed by atoms with E-state index in [1.807, 2.05) is 6.07 Å². The summed E-state index contributed by atoms with van der Waals surface area (Å²) in [5.41, 5.74) is 1.15. The van der Waals surface area contributed by atoms with Crippen molar-refractivity contribution in [3.05, 3.63) is 40.3 Å². The fourth-order valence-corrected chi connectivity index (χ4v) is 5.13. The SMILES string of the molecule is O=S(=O)(Nc1cccc2cn[nH]c12)c1sccc1Br. The van der Waals surface area contributed by atoms with E-state index in [9.17, 15) is 8.42 Å². The number of sulfonamides is 1. The molecule has 0 amide bonds. The summed E-state index contributed by atoms with van der Waals surface area (Å²) in [5, 5.41) is 9.26. The largest absolute Gasteiger partial charge is 0.277 e. The van der Waals surface area contributed by atoms with E-state index in [2.05, 4.69) is 30.8 Å². The summed E-state index contributed by atoms with van der Waals surface area (Å²) < 4.78 is 28.0. The molecule has 0 bridgehead atoms. The molecule has 0 unspecified atom stereocenters. The molecular formula is C11H8BrN3O2S2. The van der Waals surface area contributed by atoms with Crippen molar-refractivity contribution < 1.29 is 8.42 Å². The Morgan fingerprint density at radius 3 is 2.89 bits per heavy atom. The number of hydrogen-bond donors (Lipinski definition) is 2. The Balaban J connectivity index is 2.06. The summed E-state index contributed by atoms with van der Waals surface area (Å²) in [5.74, 6) is 0. The molecule has 5 nitrogen and oxygen atoms in total. The van der Waals surface area contributed by atoms with E-state index >= 15 is 0 Å². The number of aromatic nitrogens is 2. The zero-order valence-electron chi connectivity index (χ0n) is 9.42. The number of thiophene rings is 1. The van der Waals surface area contributed by atoms with Crippen LogP contribution >= 0.6 is 27.3 Å². The van der Waals surface area contributed by atoms with Gasteiger partial charge < -0.3 is 0 Å². The molecule has 0 saturated carbocycles. The third-order valence-electron chi connectivity index (χ3n) is 2.55. The van der Waals surface area contributed by atoms with Crippen molar-refractivity contribution in [3.63, 3.8) is 0 Å².